The van der Waals surface area contributed by atoms with Crippen molar-refractivity contribution in [3.8, 4) is 5.75 Å². The van der Waals surface area contributed by atoms with E-state index in [1.807, 2.05) is 19.1 Å². The van der Waals surface area contributed by atoms with Crippen LogP contribution in [0.3, 0.4) is 0 Å². The maximum atomic E-state index is 9.92. The van der Waals surface area contributed by atoms with Crippen LogP contribution in [0.1, 0.15) is 50.3 Å². The molecule has 0 saturated heterocycles. The van der Waals surface area contributed by atoms with E-state index in [0.717, 1.165) is 17.7 Å². The molecule has 0 spiro atoms. The van der Waals surface area contributed by atoms with E-state index in [0.29, 0.717) is 11.2 Å². The molecule has 1 aliphatic carbocycles. The lowest BCUT2D eigenvalue weighted by molar-refractivity contribution is 0.151. The van der Waals surface area contributed by atoms with Gasteiger partial charge in [-0.1, -0.05) is 25.5 Å². The summed E-state index contributed by atoms with van der Waals surface area (Å²) >= 11 is 0. The molecule has 2 N–H and O–H groups in total. The molecule has 17 heavy (non-hydrogen) atoms. The molecule has 0 aromatic heterocycles. The van der Waals surface area contributed by atoms with E-state index in [4.69, 9.17) is 0 Å². The maximum Gasteiger partial charge on any atom is 0.120 e. The van der Waals surface area contributed by atoms with E-state index >= 15 is 0 Å². The van der Waals surface area contributed by atoms with Crippen molar-refractivity contribution < 1.29 is 5.11 Å². The van der Waals surface area contributed by atoms with Crippen LogP contribution in [-0.4, -0.2) is 11.7 Å². The molecule has 1 aromatic rings. The van der Waals surface area contributed by atoms with Gasteiger partial charge in [0, 0.05) is 18.2 Å². The monoisotopic (exact) mass is 233 g/mol. The Morgan fingerprint density at radius 3 is 2.65 bits per heavy atom. The first-order chi connectivity index (χ1) is 8.00. The predicted octanol–water partition coefficient (Wildman–Crippen LogP) is 3.54. The SMILES string of the molecule is Cc1ccc(C(C)NCC2(C)CCC2)c(O)c1. The molecule has 1 aliphatic rings. The number of phenolic OH excluding ortho intramolecular Hbond substituents is 1. The molecule has 0 heterocycles. The number of aryl methyl sites for hydroxylation is 1. The van der Waals surface area contributed by atoms with Gasteiger partial charge in [-0.15, -0.1) is 0 Å². The van der Waals surface area contributed by atoms with Crippen molar-refractivity contribution in [3.63, 3.8) is 0 Å². The van der Waals surface area contributed by atoms with Crippen molar-refractivity contribution in [3.05, 3.63) is 29.3 Å². The Labute approximate surface area is 104 Å². The van der Waals surface area contributed by atoms with Crippen LogP contribution in [0.4, 0.5) is 0 Å². The number of hydrogen-bond donors (Lipinski definition) is 2. The normalized spacial score (nSPS) is 19.7. The van der Waals surface area contributed by atoms with Gasteiger partial charge in [-0.3, -0.25) is 0 Å². The third-order valence-electron chi connectivity index (χ3n) is 4.05. The molecule has 1 atom stereocenters. The molecule has 0 amide bonds. The summed E-state index contributed by atoms with van der Waals surface area (Å²) < 4.78 is 0. The smallest absolute Gasteiger partial charge is 0.120 e. The molecule has 2 rings (SSSR count). The molecule has 1 unspecified atom stereocenters. The summed E-state index contributed by atoms with van der Waals surface area (Å²) in [5.74, 6) is 0.406. The van der Waals surface area contributed by atoms with Crippen LogP contribution < -0.4 is 5.32 Å². The molecular formula is C15H23NO. The van der Waals surface area contributed by atoms with Crippen molar-refractivity contribution in [1.82, 2.24) is 5.32 Å². The van der Waals surface area contributed by atoms with Crippen molar-refractivity contribution in [2.24, 2.45) is 5.41 Å². The van der Waals surface area contributed by atoms with E-state index < -0.39 is 0 Å². The van der Waals surface area contributed by atoms with Gasteiger partial charge in [0.05, 0.1) is 0 Å². The molecule has 2 nitrogen and oxygen atoms in total. The van der Waals surface area contributed by atoms with Gasteiger partial charge in [0.15, 0.2) is 0 Å². The molecule has 94 valence electrons. The van der Waals surface area contributed by atoms with Gasteiger partial charge in [0.25, 0.3) is 0 Å². The highest BCUT2D eigenvalue weighted by Crippen LogP contribution is 2.40. The summed E-state index contributed by atoms with van der Waals surface area (Å²) in [5.41, 5.74) is 2.58. The number of phenols is 1. The van der Waals surface area contributed by atoms with Gasteiger partial charge in [-0.25, -0.2) is 0 Å². The lowest BCUT2D eigenvalue weighted by Crippen LogP contribution is -2.38. The molecule has 2 heteroatoms. The quantitative estimate of drug-likeness (QED) is 0.833. The van der Waals surface area contributed by atoms with Crippen molar-refractivity contribution >= 4 is 0 Å². The zero-order valence-corrected chi connectivity index (χ0v) is 11.1. The number of aromatic hydroxyl groups is 1. The molecule has 1 saturated carbocycles. The fraction of sp³-hybridized carbons (Fsp3) is 0.600. The summed E-state index contributed by atoms with van der Waals surface area (Å²) in [5, 5.41) is 13.5. The maximum absolute atomic E-state index is 9.92. The Hall–Kier alpha value is -1.02. The highest BCUT2D eigenvalue weighted by atomic mass is 16.3. The average Bonchev–Trinajstić information content (AvgIpc) is 2.23. The Morgan fingerprint density at radius 2 is 2.12 bits per heavy atom. The second kappa shape index (κ2) is 4.69. The minimum absolute atomic E-state index is 0.216. The Morgan fingerprint density at radius 1 is 1.41 bits per heavy atom. The second-order valence-electron chi connectivity index (χ2n) is 5.83. The van der Waals surface area contributed by atoms with E-state index in [1.165, 1.54) is 19.3 Å². The van der Waals surface area contributed by atoms with E-state index in [9.17, 15) is 5.11 Å². The molecule has 0 radical (unpaired) electrons. The van der Waals surface area contributed by atoms with Crippen LogP contribution in [0.5, 0.6) is 5.75 Å². The fourth-order valence-electron chi connectivity index (χ4n) is 2.49. The summed E-state index contributed by atoms with van der Waals surface area (Å²) in [6.45, 7) is 7.50. The van der Waals surface area contributed by atoms with E-state index in [1.54, 1.807) is 0 Å². The first-order valence-corrected chi connectivity index (χ1v) is 6.53. The standard InChI is InChI=1S/C15H23NO/c1-11-5-6-13(14(17)9-11)12(2)16-10-15(3)7-4-8-15/h5-6,9,12,16-17H,4,7-8,10H2,1-3H3. The van der Waals surface area contributed by atoms with Crippen LogP contribution in [0.15, 0.2) is 18.2 Å². The summed E-state index contributed by atoms with van der Waals surface area (Å²) in [4.78, 5) is 0. The van der Waals surface area contributed by atoms with Crippen molar-refractivity contribution in [2.75, 3.05) is 6.54 Å². The summed E-state index contributed by atoms with van der Waals surface area (Å²) in [6.07, 6.45) is 4.02. The molecule has 1 fully saturated rings. The first kappa shape index (κ1) is 12.4. The second-order valence-corrected chi connectivity index (χ2v) is 5.83. The van der Waals surface area contributed by atoms with Crippen molar-refractivity contribution in [2.45, 2.75) is 46.1 Å². The van der Waals surface area contributed by atoms with E-state index in [-0.39, 0.29) is 6.04 Å². The van der Waals surface area contributed by atoms with Crippen LogP contribution in [-0.2, 0) is 0 Å². The zero-order valence-electron chi connectivity index (χ0n) is 11.1. The van der Waals surface area contributed by atoms with E-state index in [2.05, 4.69) is 25.2 Å². The lowest BCUT2D eigenvalue weighted by atomic mass is 9.70. The lowest BCUT2D eigenvalue weighted by Gasteiger charge is -2.39. The minimum atomic E-state index is 0.216. The summed E-state index contributed by atoms with van der Waals surface area (Å²) in [7, 11) is 0. The van der Waals surface area contributed by atoms with Crippen LogP contribution in [0.2, 0.25) is 0 Å². The number of hydrogen-bond acceptors (Lipinski definition) is 2. The topological polar surface area (TPSA) is 32.3 Å². The van der Waals surface area contributed by atoms with Gasteiger partial charge in [-0.05, 0) is 43.7 Å². The van der Waals surface area contributed by atoms with Gasteiger partial charge < -0.3 is 10.4 Å². The third-order valence-corrected chi connectivity index (χ3v) is 4.05. The van der Waals surface area contributed by atoms with Gasteiger partial charge in [0.2, 0.25) is 0 Å². The Balaban J connectivity index is 1.96. The minimum Gasteiger partial charge on any atom is -0.508 e. The third kappa shape index (κ3) is 2.81. The molecule has 0 bridgehead atoms. The fourth-order valence-corrected chi connectivity index (χ4v) is 2.49. The van der Waals surface area contributed by atoms with Crippen LogP contribution >= 0.6 is 0 Å². The highest BCUT2D eigenvalue weighted by molar-refractivity contribution is 5.37. The number of benzene rings is 1. The van der Waals surface area contributed by atoms with Gasteiger partial charge in [-0.2, -0.15) is 0 Å². The van der Waals surface area contributed by atoms with Gasteiger partial charge in [0.1, 0.15) is 5.75 Å². The van der Waals surface area contributed by atoms with Crippen LogP contribution in [0, 0.1) is 12.3 Å². The predicted molar refractivity (Wildman–Crippen MR) is 71.2 cm³/mol. The number of nitrogens with one attached hydrogen (secondary N) is 1. The first-order valence-electron chi connectivity index (χ1n) is 6.53. The Bertz CT molecular complexity index is 396. The number of rotatable bonds is 4. The Kier molecular flexibility index (Phi) is 3.43. The van der Waals surface area contributed by atoms with Crippen LogP contribution in [0.25, 0.3) is 0 Å². The molecule has 1 aromatic carbocycles. The zero-order chi connectivity index (χ0) is 12.5. The van der Waals surface area contributed by atoms with Crippen molar-refractivity contribution in [1.29, 1.82) is 0 Å². The van der Waals surface area contributed by atoms with Gasteiger partial charge >= 0.3 is 0 Å². The largest absolute Gasteiger partial charge is 0.508 e. The highest BCUT2D eigenvalue weighted by Gasteiger charge is 2.31. The molecular weight excluding hydrogens is 210 g/mol. The average molecular weight is 233 g/mol. The summed E-state index contributed by atoms with van der Waals surface area (Å²) in [6, 6.07) is 6.12. The molecule has 0 aliphatic heterocycles.